The molecule has 0 amide bonds. The van der Waals surface area contributed by atoms with Gasteiger partial charge in [-0.3, -0.25) is 0 Å². The number of hydrogen-bond acceptors (Lipinski definition) is 1. The van der Waals surface area contributed by atoms with E-state index in [1.54, 1.807) is 0 Å². The molecule has 0 aromatic carbocycles. The van der Waals surface area contributed by atoms with Gasteiger partial charge in [0.2, 0.25) is 0 Å². The molecule has 1 aliphatic carbocycles. The van der Waals surface area contributed by atoms with E-state index in [1.165, 1.54) is 13.0 Å². The van der Waals surface area contributed by atoms with E-state index in [4.69, 9.17) is 0 Å². The zero-order chi connectivity index (χ0) is 4.85. The monoisotopic (exact) mass is 97.1 g/mol. The Hall–Kier alpha value is -0.0400. The molecule has 3 rings (SSSR count). The van der Waals surface area contributed by atoms with Gasteiger partial charge in [-0.2, -0.15) is 0 Å². The molecule has 3 aliphatic rings. The first-order valence-corrected chi connectivity index (χ1v) is 3.11. The summed E-state index contributed by atoms with van der Waals surface area (Å²) in [4.78, 5) is 0. The zero-order valence-electron chi connectivity index (χ0n) is 4.65. The summed E-state index contributed by atoms with van der Waals surface area (Å²) >= 11 is 0. The maximum atomic E-state index is 3.44. The third kappa shape index (κ3) is 0.325. The average Bonchev–Trinajstić information content (AvgIpc) is 2.18. The molecule has 3 atom stereocenters. The highest BCUT2D eigenvalue weighted by molar-refractivity contribution is 4.99. The first kappa shape index (κ1) is 3.90. The van der Waals surface area contributed by atoms with Crippen LogP contribution in [0.3, 0.4) is 0 Å². The Morgan fingerprint density at radius 2 is 2.43 bits per heavy atom. The fraction of sp³-hybridized carbons (Fsp3) is 1.00. The molecule has 7 heavy (non-hydrogen) atoms. The Labute approximate surface area is 44.1 Å². The van der Waals surface area contributed by atoms with Crippen LogP contribution in [0, 0.1) is 11.8 Å². The van der Waals surface area contributed by atoms with Gasteiger partial charge in [-0.15, -0.1) is 0 Å². The molecule has 2 aliphatic heterocycles. The molecule has 1 heteroatoms. The van der Waals surface area contributed by atoms with Crippen LogP contribution in [0.25, 0.3) is 0 Å². The van der Waals surface area contributed by atoms with Crippen molar-refractivity contribution in [2.45, 2.75) is 19.4 Å². The molecular formula is C6H11N. The number of fused-ring (bicyclic) bond motifs is 1. The molecule has 40 valence electrons. The molecule has 2 heterocycles. The van der Waals surface area contributed by atoms with Gasteiger partial charge in [-0.05, 0) is 24.8 Å². The molecule has 0 aromatic heterocycles. The van der Waals surface area contributed by atoms with Gasteiger partial charge in [0.25, 0.3) is 0 Å². The summed E-state index contributed by atoms with van der Waals surface area (Å²) in [6, 6.07) is 0.907. The van der Waals surface area contributed by atoms with E-state index in [2.05, 4.69) is 12.2 Å². The quantitative estimate of drug-likeness (QED) is 0.467. The maximum Gasteiger partial charge on any atom is 0.00991 e. The molecule has 1 saturated carbocycles. The van der Waals surface area contributed by atoms with E-state index < -0.39 is 0 Å². The van der Waals surface area contributed by atoms with Crippen molar-refractivity contribution in [3.05, 3.63) is 0 Å². The van der Waals surface area contributed by atoms with E-state index in [1.807, 2.05) is 0 Å². The van der Waals surface area contributed by atoms with Gasteiger partial charge < -0.3 is 5.32 Å². The Morgan fingerprint density at radius 1 is 1.57 bits per heavy atom. The molecular weight excluding hydrogens is 86.1 g/mol. The van der Waals surface area contributed by atoms with Crippen LogP contribution >= 0.6 is 0 Å². The fourth-order valence-electron chi connectivity index (χ4n) is 1.73. The number of hydrogen-bond donors (Lipinski definition) is 1. The molecule has 1 nitrogen and oxygen atoms in total. The van der Waals surface area contributed by atoms with Gasteiger partial charge in [-0.1, -0.05) is 6.92 Å². The highest BCUT2D eigenvalue weighted by Gasteiger charge is 2.43. The highest BCUT2D eigenvalue weighted by atomic mass is 15.0. The Balaban J connectivity index is 2.14. The van der Waals surface area contributed by atoms with Crippen LogP contribution in [-0.4, -0.2) is 12.6 Å². The minimum atomic E-state index is 0.907. The van der Waals surface area contributed by atoms with E-state index in [0.29, 0.717) is 0 Å². The molecule has 2 unspecified atom stereocenters. The average molecular weight is 97.2 g/mol. The molecule has 0 radical (unpaired) electrons. The lowest BCUT2D eigenvalue weighted by Crippen LogP contribution is -2.34. The Bertz CT molecular complexity index is 76.2. The van der Waals surface area contributed by atoms with Crippen LogP contribution in [0.15, 0.2) is 0 Å². The van der Waals surface area contributed by atoms with Gasteiger partial charge in [0, 0.05) is 6.04 Å². The zero-order valence-corrected chi connectivity index (χ0v) is 4.65. The van der Waals surface area contributed by atoms with Crippen molar-refractivity contribution in [2.75, 3.05) is 6.54 Å². The summed E-state index contributed by atoms with van der Waals surface area (Å²) in [6.45, 7) is 3.64. The predicted octanol–water partition coefficient (Wildman–Crippen LogP) is 0.614. The van der Waals surface area contributed by atoms with Crippen LogP contribution in [0.2, 0.25) is 0 Å². The van der Waals surface area contributed by atoms with E-state index in [9.17, 15) is 0 Å². The summed E-state index contributed by atoms with van der Waals surface area (Å²) in [5.41, 5.74) is 0. The maximum absolute atomic E-state index is 3.44. The number of rotatable bonds is 0. The standard InChI is InChI=1S/C6H11N/c1-4-5-2-6(4)7-3-5/h4-7H,2-3H2,1H3/t4-,5?,6?/m0/s1. The van der Waals surface area contributed by atoms with Crippen molar-refractivity contribution in [2.24, 2.45) is 11.8 Å². The minimum Gasteiger partial charge on any atom is -0.313 e. The smallest absolute Gasteiger partial charge is 0.00991 e. The molecule has 2 saturated heterocycles. The van der Waals surface area contributed by atoms with E-state index in [-0.39, 0.29) is 0 Å². The van der Waals surface area contributed by atoms with Gasteiger partial charge in [0.15, 0.2) is 0 Å². The van der Waals surface area contributed by atoms with Crippen molar-refractivity contribution in [3.8, 4) is 0 Å². The summed E-state index contributed by atoms with van der Waals surface area (Å²) in [7, 11) is 0. The van der Waals surface area contributed by atoms with Crippen LogP contribution in [-0.2, 0) is 0 Å². The second-order valence-electron chi connectivity index (χ2n) is 2.87. The van der Waals surface area contributed by atoms with Crippen LogP contribution in [0.5, 0.6) is 0 Å². The largest absolute Gasteiger partial charge is 0.313 e. The second-order valence-corrected chi connectivity index (χ2v) is 2.87. The SMILES string of the molecule is C[C@H]1C2CNC1C2. The predicted molar refractivity (Wildman–Crippen MR) is 29.1 cm³/mol. The highest BCUT2D eigenvalue weighted by Crippen LogP contribution is 2.39. The third-order valence-corrected chi connectivity index (χ3v) is 2.58. The third-order valence-electron chi connectivity index (χ3n) is 2.58. The lowest BCUT2D eigenvalue weighted by atomic mass is 9.75. The van der Waals surface area contributed by atoms with Gasteiger partial charge in [0.1, 0.15) is 0 Å². The fourth-order valence-corrected chi connectivity index (χ4v) is 1.73. The van der Waals surface area contributed by atoms with Gasteiger partial charge >= 0.3 is 0 Å². The second kappa shape index (κ2) is 1.03. The molecule has 0 aromatic rings. The van der Waals surface area contributed by atoms with Crippen molar-refractivity contribution < 1.29 is 0 Å². The minimum absolute atomic E-state index is 0.907. The number of nitrogens with one attached hydrogen (secondary N) is 1. The first-order chi connectivity index (χ1) is 3.38. The van der Waals surface area contributed by atoms with Crippen molar-refractivity contribution in [1.82, 2.24) is 5.32 Å². The summed E-state index contributed by atoms with van der Waals surface area (Å²) in [5, 5.41) is 3.44. The van der Waals surface area contributed by atoms with Crippen LogP contribution in [0.4, 0.5) is 0 Å². The van der Waals surface area contributed by atoms with Crippen LogP contribution in [0.1, 0.15) is 13.3 Å². The normalized spacial score (nSPS) is 57.0. The molecule has 2 bridgehead atoms. The summed E-state index contributed by atoms with van der Waals surface area (Å²) < 4.78 is 0. The van der Waals surface area contributed by atoms with E-state index >= 15 is 0 Å². The first-order valence-electron chi connectivity index (χ1n) is 3.11. The summed E-state index contributed by atoms with van der Waals surface area (Å²) in [6.07, 6.45) is 1.46. The molecule has 3 fully saturated rings. The van der Waals surface area contributed by atoms with E-state index in [0.717, 1.165) is 17.9 Å². The lowest BCUT2D eigenvalue weighted by molar-refractivity contribution is 0.239. The van der Waals surface area contributed by atoms with Crippen molar-refractivity contribution >= 4 is 0 Å². The van der Waals surface area contributed by atoms with Crippen molar-refractivity contribution in [1.29, 1.82) is 0 Å². The van der Waals surface area contributed by atoms with Gasteiger partial charge in [0.05, 0.1) is 0 Å². The lowest BCUT2D eigenvalue weighted by Gasteiger charge is -2.30. The van der Waals surface area contributed by atoms with Gasteiger partial charge in [-0.25, -0.2) is 0 Å². The van der Waals surface area contributed by atoms with Crippen LogP contribution < -0.4 is 5.32 Å². The summed E-state index contributed by atoms with van der Waals surface area (Å²) in [5.74, 6) is 2.05. The molecule has 0 spiro atoms. The topological polar surface area (TPSA) is 12.0 Å². The Morgan fingerprint density at radius 3 is 2.57 bits per heavy atom. The molecule has 1 N–H and O–H groups in total. The Kier molecular flexibility index (Phi) is 0.571. The van der Waals surface area contributed by atoms with Crippen molar-refractivity contribution in [3.63, 3.8) is 0 Å².